The van der Waals surface area contributed by atoms with Crippen LogP contribution in [-0.2, 0) is 40.1 Å². The van der Waals surface area contributed by atoms with E-state index in [0.29, 0.717) is 0 Å². The van der Waals surface area contributed by atoms with E-state index in [2.05, 4.69) is 22.0 Å². The minimum Gasteiger partial charge on any atom is -0.458 e. The number of esters is 2. The molecule has 3 N–H and O–H groups in total. The number of β-lactam (4-membered cyclic amide) rings is 1. The number of nitrogens with two attached hydrogens (primary N) is 1. The lowest BCUT2D eigenvalue weighted by Gasteiger charge is -2.53. The van der Waals surface area contributed by atoms with Crippen molar-refractivity contribution in [2.45, 2.75) is 24.1 Å². The summed E-state index contributed by atoms with van der Waals surface area (Å²) >= 11 is 2.42. The number of fused-ring (bicyclic) bond motifs is 1. The van der Waals surface area contributed by atoms with Gasteiger partial charge in [0.15, 0.2) is 16.9 Å². The molecule has 2 saturated heterocycles. The summed E-state index contributed by atoms with van der Waals surface area (Å²) in [6.07, 6.45) is 0.874. The van der Waals surface area contributed by atoms with Gasteiger partial charge in [0.05, 0.1) is 0 Å². The predicted molar refractivity (Wildman–Crippen MR) is 189 cm³/mol. The van der Waals surface area contributed by atoms with Crippen LogP contribution in [0.3, 0.4) is 0 Å². The third-order valence-corrected chi connectivity index (χ3v) is 10.4. The van der Waals surface area contributed by atoms with Crippen molar-refractivity contribution in [2.24, 2.45) is 10.6 Å². The Morgan fingerprint density at radius 3 is 2.28 bits per heavy atom. The number of ether oxygens (including phenoxy) is 2. The first kappa shape index (κ1) is 34.4. The molecular formula is C36H33N5O7S2. The van der Waals surface area contributed by atoms with Crippen molar-refractivity contribution in [2.75, 3.05) is 24.6 Å². The highest BCUT2D eigenvalue weighted by Crippen LogP contribution is 2.44. The summed E-state index contributed by atoms with van der Waals surface area (Å²) in [5.74, 6) is -2.07. The van der Waals surface area contributed by atoms with E-state index in [-0.39, 0.29) is 41.3 Å². The highest BCUT2D eigenvalue weighted by molar-refractivity contribution is 8.00. The SMILES string of the molecule is C=CC1(C(=O)OC(c2ccccc2)c2ccccc2)CS[C@@H]2C(NC(=O)C(=NOCC(=O)OCc3ccccc3)c3csc(N)n3)C(=O)N2C1. The standard InChI is InChI=1S/C36H33N5O7S2/c1-2-36(34(45)48-30(24-14-8-4-9-15-24)25-16-10-5-11-17-25)21-41-32(44)29(33(41)50-22-36)39-31(43)28(26-20-49-35(37)38-26)40-47-19-27(42)46-18-23-12-6-3-7-13-23/h2-17,20,29-30,33H,1,18-19,21-22H2,(H2,37,38)(H,39,43)/t29?,33-,36?/m1/s1. The second-order valence-corrected chi connectivity index (χ2v) is 13.5. The molecule has 3 aromatic carbocycles. The zero-order valence-electron chi connectivity index (χ0n) is 26.7. The maximum Gasteiger partial charge on any atom is 0.347 e. The summed E-state index contributed by atoms with van der Waals surface area (Å²) in [4.78, 5) is 63.8. The molecule has 4 aromatic rings. The Bertz CT molecular complexity index is 1850. The van der Waals surface area contributed by atoms with Crippen molar-refractivity contribution in [1.82, 2.24) is 15.2 Å². The van der Waals surface area contributed by atoms with E-state index in [9.17, 15) is 19.2 Å². The van der Waals surface area contributed by atoms with Crippen LogP contribution < -0.4 is 11.1 Å². The number of rotatable bonds is 13. The van der Waals surface area contributed by atoms with Crippen LogP contribution in [0.1, 0.15) is 28.5 Å². The van der Waals surface area contributed by atoms with Gasteiger partial charge in [0.25, 0.3) is 5.91 Å². The smallest absolute Gasteiger partial charge is 0.347 e. The lowest BCUT2D eigenvalue weighted by molar-refractivity contribution is -0.162. The van der Waals surface area contributed by atoms with E-state index < -0.39 is 47.4 Å². The monoisotopic (exact) mass is 711 g/mol. The van der Waals surface area contributed by atoms with Crippen molar-refractivity contribution >= 4 is 57.7 Å². The Morgan fingerprint density at radius 1 is 1.04 bits per heavy atom. The number of nitrogens with one attached hydrogen (secondary N) is 1. The molecule has 0 saturated carbocycles. The van der Waals surface area contributed by atoms with Gasteiger partial charge in [0, 0.05) is 17.7 Å². The van der Waals surface area contributed by atoms with Crippen LogP contribution >= 0.6 is 23.1 Å². The summed E-state index contributed by atoms with van der Waals surface area (Å²) in [7, 11) is 0. The number of hydrogen-bond donors (Lipinski definition) is 2. The van der Waals surface area contributed by atoms with Gasteiger partial charge in [-0.2, -0.15) is 0 Å². The summed E-state index contributed by atoms with van der Waals surface area (Å²) in [5.41, 5.74) is 6.87. The number of nitrogen functional groups attached to an aromatic ring is 1. The Labute approximate surface area is 296 Å². The Kier molecular flexibility index (Phi) is 10.6. The number of amides is 2. The maximum absolute atomic E-state index is 13.9. The molecule has 2 unspecified atom stereocenters. The van der Waals surface area contributed by atoms with Gasteiger partial charge in [-0.3, -0.25) is 14.4 Å². The summed E-state index contributed by atoms with van der Waals surface area (Å²) < 4.78 is 11.3. The number of nitrogens with zero attached hydrogens (tertiary/aromatic N) is 3. The molecule has 2 aliphatic rings. The molecule has 2 aliphatic heterocycles. The molecule has 1 aromatic heterocycles. The zero-order valence-corrected chi connectivity index (χ0v) is 28.3. The fourth-order valence-electron chi connectivity index (χ4n) is 5.47. The summed E-state index contributed by atoms with van der Waals surface area (Å²) in [6.45, 7) is 3.45. The molecule has 256 valence electrons. The highest BCUT2D eigenvalue weighted by Gasteiger charge is 2.57. The van der Waals surface area contributed by atoms with Crippen LogP contribution in [0.2, 0.25) is 0 Å². The lowest BCUT2D eigenvalue weighted by atomic mass is 9.87. The number of oxime groups is 1. The molecule has 0 radical (unpaired) electrons. The van der Waals surface area contributed by atoms with Crippen LogP contribution in [0.15, 0.2) is 114 Å². The minimum absolute atomic E-state index is 0.0340. The predicted octanol–water partition coefficient (Wildman–Crippen LogP) is 4.09. The molecule has 0 aliphatic carbocycles. The van der Waals surface area contributed by atoms with E-state index in [1.165, 1.54) is 28.1 Å². The van der Waals surface area contributed by atoms with Crippen molar-refractivity contribution in [3.63, 3.8) is 0 Å². The Hall–Kier alpha value is -5.47. The van der Waals surface area contributed by atoms with Gasteiger partial charge < -0.3 is 30.3 Å². The zero-order chi connectivity index (χ0) is 35.1. The molecule has 0 spiro atoms. The minimum atomic E-state index is -1.18. The van der Waals surface area contributed by atoms with Crippen molar-refractivity contribution in [1.29, 1.82) is 0 Å². The van der Waals surface area contributed by atoms with Crippen molar-refractivity contribution in [3.05, 3.63) is 131 Å². The van der Waals surface area contributed by atoms with Crippen LogP contribution in [0, 0.1) is 5.41 Å². The van der Waals surface area contributed by atoms with Crippen molar-refractivity contribution in [3.8, 4) is 0 Å². The maximum atomic E-state index is 13.9. The first-order chi connectivity index (χ1) is 24.3. The Balaban J connectivity index is 1.10. The number of aromatic nitrogens is 1. The molecule has 0 bridgehead atoms. The fraction of sp³-hybridized carbons (Fsp3) is 0.222. The van der Waals surface area contributed by atoms with Crippen LogP contribution in [-0.4, -0.2) is 69.7 Å². The topological polar surface area (TPSA) is 163 Å². The number of carbonyl (C=O) groups is 4. The van der Waals surface area contributed by atoms with Crippen LogP contribution in [0.25, 0.3) is 0 Å². The second-order valence-electron chi connectivity index (χ2n) is 11.5. The summed E-state index contributed by atoms with van der Waals surface area (Å²) in [6, 6.07) is 27.1. The van der Waals surface area contributed by atoms with E-state index in [0.717, 1.165) is 28.0 Å². The fourth-order valence-corrected chi connectivity index (χ4v) is 7.55. The quantitative estimate of drug-likeness (QED) is 0.0679. The largest absolute Gasteiger partial charge is 0.458 e. The van der Waals surface area contributed by atoms with Gasteiger partial charge in [0.1, 0.15) is 29.1 Å². The first-order valence-electron chi connectivity index (χ1n) is 15.6. The third kappa shape index (κ3) is 7.56. The molecule has 2 amide bonds. The molecule has 6 rings (SSSR count). The lowest BCUT2D eigenvalue weighted by Crippen LogP contribution is -2.73. The number of carbonyl (C=O) groups excluding carboxylic acids is 4. The average Bonchev–Trinajstić information content (AvgIpc) is 3.59. The highest BCUT2D eigenvalue weighted by atomic mass is 32.2. The molecule has 3 atom stereocenters. The van der Waals surface area contributed by atoms with Gasteiger partial charge >= 0.3 is 11.9 Å². The first-order valence-corrected chi connectivity index (χ1v) is 17.5. The number of thioether (sulfide) groups is 1. The van der Waals surface area contributed by atoms with E-state index in [1.54, 1.807) is 0 Å². The number of benzene rings is 3. The average molecular weight is 712 g/mol. The third-order valence-electron chi connectivity index (χ3n) is 8.18. The summed E-state index contributed by atoms with van der Waals surface area (Å²) in [5, 5.41) is 7.82. The number of anilines is 1. The van der Waals surface area contributed by atoms with Gasteiger partial charge in [-0.15, -0.1) is 29.7 Å². The number of hydrogen-bond acceptors (Lipinski definition) is 12. The van der Waals surface area contributed by atoms with Crippen LogP contribution in [0.4, 0.5) is 5.13 Å². The Morgan fingerprint density at radius 2 is 1.68 bits per heavy atom. The molecule has 14 heteroatoms. The molecule has 50 heavy (non-hydrogen) atoms. The van der Waals surface area contributed by atoms with Gasteiger partial charge in [0.2, 0.25) is 12.5 Å². The van der Waals surface area contributed by atoms with E-state index >= 15 is 0 Å². The van der Waals surface area contributed by atoms with Gasteiger partial charge in [-0.1, -0.05) is 102 Å². The van der Waals surface area contributed by atoms with Crippen molar-refractivity contribution < 1.29 is 33.5 Å². The molecule has 3 heterocycles. The number of thiazole rings is 1. The van der Waals surface area contributed by atoms with E-state index in [4.69, 9.17) is 20.0 Å². The normalized spacial score (nSPS) is 19.9. The van der Waals surface area contributed by atoms with Gasteiger partial charge in [-0.25, -0.2) is 9.78 Å². The van der Waals surface area contributed by atoms with Gasteiger partial charge in [-0.05, 0) is 16.7 Å². The molecule has 12 nitrogen and oxygen atoms in total. The second kappa shape index (κ2) is 15.4. The molecular weight excluding hydrogens is 679 g/mol. The molecule has 2 fully saturated rings. The van der Waals surface area contributed by atoms with E-state index in [1.807, 2.05) is 91.0 Å². The van der Waals surface area contributed by atoms with Crippen LogP contribution in [0.5, 0.6) is 0 Å².